The van der Waals surface area contributed by atoms with Crippen LogP contribution in [0.5, 0.6) is 17.2 Å². The first kappa shape index (κ1) is 25.4. The van der Waals surface area contributed by atoms with Gasteiger partial charge < -0.3 is 29.8 Å². The second-order valence-electron chi connectivity index (χ2n) is 9.84. The number of fused-ring (bicyclic) bond motifs is 1. The number of carboxylic acid groups (broad SMARTS) is 1. The van der Waals surface area contributed by atoms with Crippen molar-refractivity contribution in [1.82, 2.24) is 0 Å². The lowest BCUT2D eigenvalue weighted by Crippen LogP contribution is -2.58. The second-order valence-corrected chi connectivity index (χ2v) is 9.84. The van der Waals surface area contributed by atoms with Crippen LogP contribution in [0.1, 0.15) is 54.7 Å². The summed E-state index contributed by atoms with van der Waals surface area (Å²) in [7, 11) is 0. The van der Waals surface area contributed by atoms with Gasteiger partial charge in [-0.15, -0.1) is 0 Å². The minimum atomic E-state index is -1.28. The molecule has 0 aromatic heterocycles. The number of aliphatic carboxylic acids is 1. The Kier molecular flexibility index (Phi) is 6.85. The van der Waals surface area contributed by atoms with Crippen LogP contribution in [0.4, 0.5) is 5.69 Å². The second kappa shape index (κ2) is 9.18. The van der Waals surface area contributed by atoms with E-state index in [2.05, 4.69) is 0 Å². The molecule has 2 aromatic rings. The molecule has 2 unspecified atom stereocenters. The fourth-order valence-electron chi connectivity index (χ4n) is 3.97. The third-order valence-electron chi connectivity index (χ3n) is 5.75. The summed E-state index contributed by atoms with van der Waals surface area (Å²) < 4.78 is 24.1. The summed E-state index contributed by atoms with van der Waals surface area (Å²) in [5.74, 6) is 0.0192. The first-order chi connectivity index (χ1) is 15.7. The van der Waals surface area contributed by atoms with Crippen LogP contribution in [0.3, 0.4) is 0 Å². The van der Waals surface area contributed by atoms with Crippen molar-refractivity contribution in [3.63, 3.8) is 0 Å². The van der Waals surface area contributed by atoms with Crippen molar-refractivity contribution in [2.45, 2.75) is 65.8 Å². The number of rotatable bonds is 7. The van der Waals surface area contributed by atoms with E-state index < -0.39 is 29.9 Å². The average molecular weight is 472 g/mol. The summed E-state index contributed by atoms with van der Waals surface area (Å²) in [5.41, 5.74) is 7.17. The van der Waals surface area contributed by atoms with Gasteiger partial charge in [0.15, 0.2) is 17.5 Å². The number of ether oxygens (including phenoxy) is 4. The Hall–Kier alpha value is -3.26. The number of Topliss-reactive ketones (excluding diaryl/α,β-unsaturated/α-hetero) is 1. The highest BCUT2D eigenvalue weighted by Gasteiger charge is 2.50. The van der Waals surface area contributed by atoms with E-state index in [4.69, 9.17) is 24.7 Å². The molecule has 1 aliphatic rings. The minimum Gasteiger partial charge on any atom is -0.489 e. The zero-order valence-corrected chi connectivity index (χ0v) is 20.8. The molecule has 0 radical (unpaired) electrons. The van der Waals surface area contributed by atoms with Gasteiger partial charge in [-0.05, 0) is 83.9 Å². The number of carbonyl (C=O) groups excluding carboxylic acids is 1. The van der Waals surface area contributed by atoms with E-state index in [1.165, 1.54) is 0 Å². The van der Waals surface area contributed by atoms with Crippen LogP contribution in [-0.4, -0.2) is 47.4 Å². The van der Waals surface area contributed by atoms with Gasteiger partial charge in [0, 0.05) is 11.3 Å². The van der Waals surface area contributed by atoms with E-state index in [1.54, 1.807) is 38.1 Å². The molecule has 8 nitrogen and oxygen atoms in total. The van der Waals surface area contributed by atoms with Gasteiger partial charge in [0.05, 0.1) is 5.56 Å². The maximum atomic E-state index is 13.8. The molecular weight excluding hydrogens is 438 g/mol. The molecule has 0 bridgehead atoms. The first-order valence-corrected chi connectivity index (χ1v) is 11.1. The van der Waals surface area contributed by atoms with Crippen molar-refractivity contribution < 1.29 is 33.6 Å². The molecule has 3 rings (SSSR count). The summed E-state index contributed by atoms with van der Waals surface area (Å²) in [6.07, 6.45) is -1.20. The molecule has 0 fully saturated rings. The van der Waals surface area contributed by atoms with Crippen molar-refractivity contribution in [2.24, 2.45) is 0 Å². The highest BCUT2D eigenvalue weighted by atomic mass is 16.6. The highest BCUT2D eigenvalue weighted by molar-refractivity contribution is 6.06. The summed E-state index contributed by atoms with van der Waals surface area (Å²) in [5, 5.41) is 9.20. The third kappa shape index (κ3) is 5.12. The van der Waals surface area contributed by atoms with Crippen molar-refractivity contribution >= 4 is 17.4 Å². The van der Waals surface area contributed by atoms with Crippen molar-refractivity contribution in [2.75, 3.05) is 18.9 Å². The van der Waals surface area contributed by atoms with E-state index in [-0.39, 0.29) is 12.4 Å². The zero-order chi connectivity index (χ0) is 25.4. The predicted octanol–water partition coefficient (Wildman–Crippen LogP) is 4.25. The quantitative estimate of drug-likeness (QED) is 0.576. The van der Waals surface area contributed by atoms with Crippen LogP contribution >= 0.6 is 0 Å². The molecule has 0 amide bonds. The summed E-state index contributed by atoms with van der Waals surface area (Å²) in [4.78, 5) is 25.0. The van der Waals surface area contributed by atoms with E-state index in [0.717, 1.165) is 11.1 Å². The highest BCUT2D eigenvalue weighted by Crippen LogP contribution is 2.45. The average Bonchev–Trinajstić information content (AvgIpc) is 2.73. The van der Waals surface area contributed by atoms with E-state index in [1.807, 2.05) is 34.6 Å². The van der Waals surface area contributed by atoms with Crippen LogP contribution < -0.4 is 19.9 Å². The molecule has 2 aromatic carbocycles. The molecular formula is C26H33NO7. The van der Waals surface area contributed by atoms with Crippen molar-refractivity contribution in [3.05, 3.63) is 46.5 Å². The molecule has 184 valence electrons. The van der Waals surface area contributed by atoms with E-state index in [0.29, 0.717) is 34.1 Å². The molecule has 8 heteroatoms. The molecule has 3 N–H and O–H groups in total. The summed E-state index contributed by atoms with van der Waals surface area (Å²) in [6, 6.07) is 6.82. The molecule has 1 aliphatic heterocycles. The first-order valence-electron chi connectivity index (χ1n) is 11.1. The van der Waals surface area contributed by atoms with Crippen molar-refractivity contribution in [3.8, 4) is 17.2 Å². The third-order valence-corrected chi connectivity index (χ3v) is 5.75. The van der Waals surface area contributed by atoms with Gasteiger partial charge in [-0.2, -0.15) is 0 Å². The number of ketones is 1. The van der Waals surface area contributed by atoms with Gasteiger partial charge in [-0.1, -0.05) is 0 Å². The number of hydrogen-bond acceptors (Lipinski definition) is 7. The van der Waals surface area contributed by atoms with E-state index >= 15 is 0 Å². The number of carbonyl (C=O) groups is 2. The number of hydrogen-bond donors (Lipinski definition) is 2. The maximum Gasteiger partial charge on any atom is 0.329 e. The standard InChI is InChI=1S/C26H33NO7/c1-14-15(2)23-20(16(3)22(14)33-25(4,5)6)21(30)24(31-12-19(28)29)26(7,34-23)13-32-18-10-8-17(27)9-11-18/h8-11,24H,12-13,27H2,1-7H3,(H,28,29). The largest absolute Gasteiger partial charge is 0.489 e. The molecule has 2 atom stereocenters. The van der Waals surface area contributed by atoms with Crippen molar-refractivity contribution in [1.29, 1.82) is 0 Å². The lowest BCUT2D eigenvalue weighted by atomic mass is 9.84. The van der Waals surface area contributed by atoms with Crippen LogP contribution in [-0.2, 0) is 9.53 Å². The van der Waals surface area contributed by atoms with Gasteiger partial charge in [0.1, 0.15) is 36.1 Å². The number of carboxylic acids is 1. The van der Waals surface area contributed by atoms with Gasteiger partial charge >= 0.3 is 5.97 Å². The maximum absolute atomic E-state index is 13.8. The number of nitrogen functional groups attached to an aromatic ring is 1. The molecule has 0 saturated heterocycles. The monoisotopic (exact) mass is 471 g/mol. The number of anilines is 1. The number of benzene rings is 2. The van der Waals surface area contributed by atoms with Gasteiger partial charge in [0.2, 0.25) is 0 Å². The van der Waals surface area contributed by atoms with Crippen LogP contribution in [0, 0.1) is 20.8 Å². The Balaban J connectivity index is 2.07. The zero-order valence-electron chi connectivity index (χ0n) is 20.8. The normalized spacial score (nSPS) is 19.9. The summed E-state index contributed by atoms with van der Waals surface area (Å²) in [6.45, 7) is 12.4. The SMILES string of the molecule is Cc1c(C)c2c(c(C)c1OC(C)(C)C)C(=O)C(OCC(=O)O)C(C)(COc1ccc(N)cc1)O2. The fraction of sp³-hybridized carbons (Fsp3) is 0.462. The molecule has 0 aliphatic carbocycles. The Morgan fingerprint density at radius 2 is 1.74 bits per heavy atom. The predicted molar refractivity (Wildman–Crippen MR) is 128 cm³/mol. The Morgan fingerprint density at radius 3 is 2.29 bits per heavy atom. The molecule has 34 heavy (non-hydrogen) atoms. The lowest BCUT2D eigenvalue weighted by Gasteiger charge is -2.42. The van der Waals surface area contributed by atoms with Crippen LogP contribution in [0.15, 0.2) is 24.3 Å². The van der Waals surface area contributed by atoms with Crippen LogP contribution in [0.2, 0.25) is 0 Å². The molecule has 0 spiro atoms. The Bertz CT molecular complexity index is 1100. The number of nitrogens with two attached hydrogens (primary N) is 1. The Labute approximate surface area is 200 Å². The topological polar surface area (TPSA) is 117 Å². The molecule has 1 heterocycles. The van der Waals surface area contributed by atoms with Gasteiger partial charge in [-0.25, -0.2) is 4.79 Å². The molecule has 0 saturated carbocycles. The van der Waals surface area contributed by atoms with E-state index in [9.17, 15) is 14.7 Å². The smallest absolute Gasteiger partial charge is 0.329 e. The minimum absolute atomic E-state index is 0.0514. The van der Waals surface area contributed by atoms with Gasteiger partial charge in [-0.3, -0.25) is 4.79 Å². The van der Waals surface area contributed by atoms with Crippen LogP contribution in [0.25, 0.3) is 0 Å². The lowest BCUT2D eigenvalue weighted by molar-refractivity contribution is -0.149. The summed E-state index contributed by atoms with van der Waals surface area (Å²) >= 11 is 0. The fourth-order valence-corrected chi connectivity index (χ4v) is 3.97. The van der Waals surface area contributed by atoms with Gasteiger partial charge in [0.25, 0.3) is 0 Å². The Morgan fingerprint density at radius 1 is 1.12 bits per heavy atom.